The molecule has 4 aliphatic rings. The van der Waals surface area contributed by atoms with E-state index < -0.39 is 17.0 Å². The van der Waals surface area contributed by atoms with Crippen molar-refractivity contribution in [1.29, 1.82) is 0 Å². The number of fused-ring (bicyclic) bond motifs is 8. The van der Waals surface area contributed by atoms with Crippen molar-refractivity contribution >= 4 is 11.7 Å². The van der Waals surface area contributed by atoms with E-state index in [1.165, 1.54) is 24.3 Å². The van der Waals surface area contributed by atoms with E-state index in [0.29, 0.717) is 30.2 Å². The van der Waals surface area contributed by atoms with Gasteiger partial charge in [0, 0.05) is 42.6 Å². The molecule has 0 bridgehead atoms. The van der Waals surface area contributed by atoms with E-state index in [1.807, 2.05) is 31.3 Å². The first-order chi connectivity index (χ1) is 18.0. The smallest absolute Gasteiger partial charge is 0.338 e. The summed E-state index contributed by atoms with van der Waals surface area (Å²) in [4.78, 5) is 26.0. The Kier molecular flexibility index (Phi) is 4.80. The van der Waals surface area contributed by atoms with Crippen molar-refractivity contribution in [2.75, 3.05) is 20.6 Å². The standard InChI is InChI=1S/C27H22N2O8/c1-28-11-19-17(6-7-20-26(19)36-13-33-20)24-23(37-27(30)14-2-4-16(5-3-14)29(31)32)9-15-8-21-22(35-12-34-21)10-18(15)25(24)28/h2-8,10,23-25H,9,11-13H2,1H3. The number of likely N-dealkylation sites (N-methyl/N-ethyl adjacent to an activating group) is 1. The SMILES string of the molecule is CN1Cc2c(ccc3c2OCO3)C2C(OC(=O)c3ccc([N+](=O)[O-])cc3)Cc3cc4c(cc3C21)OCO4. The van der Waals surface area contributed by atoms with E-state index in [9.17, 15) is 14.9 Å². The monoisotopic (exact) mass is 502 g/mol. The number of carbonyl (C=O) groups excluding carboxylic acids is 1. The van der Waals surface area contributed by atoms with Crippen molar-refractivity contribution in [3.8, 4) is 23.0 Å². The van der Waals surface area contributed by atoms with Crippen molar-refractivity contribution in [3.63, 3.8) is 0 Å². The summed E-state index contributed by atoms with van der Waals surface area (Å²) in [6.07, 6.45) is -0.0180. The van der Waals surface area contributed by atoms with Crippen molar-refractivity contribution in [3.05, 3.63) is 86.5 Å². The highest BCUT2D eigenvalue weighted by Gasteiger charge is 2.47. The third kappa shape index (κ3) is 3.40. The van der Waals surface area contributed by atoms with Crippen LogP contribution < -0.4 is 18.9 Å². The van der Waals surface area contributed by atoms with Gasteiger partial charge in [-0.1, -0.05) is 6.07 Å². The third-order valence-corrected chi connectivity index (χ3v) is 7.61. The fraction of sp³-hybridized carbons (Fsp3) is 0.296. The van der Waals surface area contributed by atoms with Crippen LogP contribution >= 0.6 is 0 Å². The molecule has 3 atom stereocenters. The Morgan fingerprint density at radius 2 is 1.70 bits per heavy atom. The molecule has 0 spiro atoms. The van der Waals surface area contributed by atoms with Gasteiger partial charge in [-0.15, -0.1) is 0 Å². The van der Waals surface area contributed by atoms with Crippen LogP contribution in [0, 0.1) is 10.1 Å². The van der Waals surface area contributed by atoms with Gasteiger partial charge in [0.15, 0.2) is 23.0 Å². The topological polar surface area (TPSA) is 110 Å². The van der Waals surface area contributed by atoms with Gasteiger partial charge in [0.25, 0.3) is 5.69 Å². The van der Waals surface area contributed by atoms with Gasteiger partial charge >= 0.3 is 5.97 Å². The molecular formula is C27H22N2O8. The van der Waals surface area contributed by atoms with Gasteiger partial charge in [0.2, 0.25) is 13.6 Å². The van der Waals surface area contributed by atoms with Crippen molar-refractivity contribution < 1.29 is 33.4 Å². The van der Waals surface area contributed by atoms with Crippen LogP contribution in [-0.4, -0.2) is 42.5 Å². The molecule has 0 radical (unpaired) electrons. The van der Waals surface area contributed by atoms with Gasteiger partial charge in [-0.05, 0) is 54.1 Å². The van der Waals surface area contributed by atoms with E-state index in [4.69, 9.17) is 23.7 Å². The predicted octanol–water partition coefficient (Wildman–Crippen LogP) is 4.10. The number of non-ortho nitro benzene ring substituents is 1. The van der Waals surface area contributed by atoms with Crippen molar-refractivity contribution in [2.24, 2.45) is 0 Å². The zero-order valence-electron chi connectivity index (χ0n) is 19.8. The van der Waals surface area contributed by atoms with E-state index >= 15 is 0 Å². The number of nitrogens with zero attached hydrogens (tertiary/aromatic N) is 2. The molecule has 0 saturated heterocycles. The van der Waals surface area contributed by atoms with Crippen LogP contribution in [0.25, 0.3) is 0 Å². The Morgan fingerprint density at radius 1 is 0.973 bits per heavy atom. The lowest BCUT2D eigenvalue weighted by Crippen LogP contribution is -2.45. The van der Waals surface area contributed by atoms with E-state index in [-0.39, 0.29) is 36.8 Å². The van der Waals surface area contributed by atoms with E-state index in [2.05, 4.69) is 4.90 Å². The largest absolute Gasteiger partial charge is 0.458 e. The Bertz CT molecular complexity index is 1450. The van der Waals surface area contributed by atoms with Crippen LogP contribution in [-0.2, 0) is 17.7 Å². The molecule has 10 nitrogen and oxygen atoms in total. The summed E-state index contributed by atoms with van der Waals surface area (Å²) in [5.74, 6) is 2.13. The number of benzene rings is 3. The average molecular weight is 502 g/mol. The summed E-state index contributed by atoms with van der Waals surface area (Å²) in [5.41, 5.74) is 4.40. The average Bonchev–Trinajstić information content (AvgIpc) is 3.56. The Morgan fingerprint density at radius 3 is 2.49 bits per heavy atom. The lowest BCUT2D eigenvalue weighted by molar-refractivity contribution is -0.384. The van der Waals surface area contributed by atoms with Gasteiger partial charge in [0.05, 0.1) is 10.5 Å². The van der Waals surface area contributed by atoms with E-state index in [1.54, 1.807) is 0 Å². The molecule has 3 unspecified atom stereocenters. The molecule has 0 fully saturated rings. The van der Waals surface area contributed by atoms with Gasteiger partial charge in [-0.2, -0.15) is 0 Å². The molecule has 3 heterocycles. The zero-order valence-corrected chi connectivity index (χ0v) is 19.8. The Hall–Kier alpha value is -4.31. The molecule has 3 aromatic carbocycles. The summed E-state index contributed by atoms with van der Waals surface area (Å²) in [6.45, 7) is 0.988. The van der Waals surface area contributed by atoms with Gasteiger partial charge in [-0.25, -0.2) is 4.79 Å². The summed E-state index contributed by atoms with van der Waals surface area (Å²) in [5, 5.41) is 11.0. The number of carbonyl (C=O) groups is 1. The second-order valence-electron chi connectivity index (χ2n) is 9.61. The molecule has 0 N–H and O–H groups in total. The Labute approximate surface area is 211 Å². The minimum atomic E-state index is -0.529. The first kappa shape index (κ1) is 21.9. The van der Waals surface area contributed by atoms with Crippen LogP contribution in [0.15, 0.2) is 48.5 Å². The van der Waals surface area contributed by atoms with Crippen LogP contribution in [0.3, 0.4) is 0 Å². The molecular weight excluding hydrogens is 480 g/mol. The second-order valence-corrected chi connectivity index (χ2v) is 9.61. The quantitative estimate of drug-likeness (QED) is 0.297. The predicted molar refractivity (Wildman–Crippen MR) is 128 cm³/mol. The number of hydrogen-bond donors (Lipinski definition) is 0. The minimum absolute atomic E-state index is 0.0826. The zero-order chi connectivity index (χ0) is 25.3. The third-order valence-electron chi connectivity index (χ3n) is 7.61. The molecule has 3 aromatic rings. The number of ether oxygens (including phenoxy) is 5. The van der Waals surface area contributed by atoms with Crippen LogP contribution in [0.1, 0.15) is 44.6 Å². The number of hydrogen-bond acceptors (Lipinski definition) is 9. The fourth-order valence-electron chi connectivity index (χ4n) is 5.98. The molecule has 0 aromatic heterocycles. The highest BCUT2D eigenvalue weighted by atomic mass is 16.7. The molecule has 0 saturated carbocycles. The second kappa shape index (κ2) is 8.10. The molecule has 0 amide bonds. The maximum Gasteiger partial charge on any atom is 0.338 e. The lowest BCUT2D eigenvalue weighted by atomic mass is 9.70. The Balaban J connectivity index is 1.31. The van der Waals surface area contributed by atoms with Gasteiger partial charge in [0.1, 0.15) is 6.10 Å². The molecule has 188 valence electrons. The number of nitro groups is 1. The number of nitro benzene ring substituents is 1. The summed E-state index contributed by atoms with van der Waals surface area (Å²) in [7, 11) is 2.05. The molecule has 37 heavy (non-hydrogen) atoms. The van der Waals surface area contributed by atoms with Crippen molar-refractivity contribution in [1.82, 2.24) is 4.90 Å². The fourth-order valence-corrected chi connectivity index (χ4v) is 5.98. The summed E-state index contributed by atoms with van der Waals surface area (Å²) >= 11 is 0. The maximum absolute atomic E-state index is 13.3. The highest BCUT2D eigenvalue weighted by Crippen LogP contribution is 2.54. The van der Waals surface area contributed by atoms with Crippen molar-refractivity contribution in [2.45, 2.75) is 31.0 Å². The van der Waals surface area contributed by atoms with E-state index in [0.717, 1.165) is 28.0 Å². The summed E-state index contributed by atoms with van der Waals surface area (Å²) in [6, 6.07) is 13.3. The van der Waals surface area contributed by atoms with Crippen LogP contribution in [0.5, 0.6) is 23.0 Å². The minimum Gasteiger partial charge on any atom is -0.458 e. The number of rotatable bonds is 3. The highest BCUT2D eigenvalue weighted by molar-refractivity contribution is 5.89. The molecule has 1 aliphatic carbocycles. The maximum atomic E-state index is 13.3. The normalized spacial score (nSPS) is 22.6. The molecule has 7 rings (SSSR count). The lowest BCUT2D eigenvalue weighted by Gasteiger charge is -2.47. The summed E-state index contributed by atoms with van der Waals surface area (Å²) < 4.78 is 28.9. The first-order valence-corrected chi connectivity index (χ1v) is 12.0. The van der Waals surface area contributed by atoms with Gasteiger partial charge in [-0.3, -0.25) is 15.0 Å². The molecule has 10 heteroatoms. The number of esters is 1. The van der Waals surface area contributed by atoms with Crippen LogP contribution in [0.4, 0.5) is 5.69 Å². The molecule has 3 aliphatic heterocycles. The first-order valence-electron chi connectivity index (χ1n) is 12.0. The van der Waals surface area contributed by atoms with Crippen LogP contribution in [0.2, 0.25) is 0 Å². The van der Waals surface area contributed by atoms with Gasteiger partial charge < -0.3 is 23.7 Å².